The lowest BCUT2D eigenvalue weighted by Crippen LogP contribution is -2.40. The second kappa shape index (κ2) is 6.22. The first-order valence-electron chi connectivity index (χ1n) is 7.78. The summed E-state index contributed by atoms with van der Waals surface area (Å²) in [6.45, 7) is 0.897. The molecule has 1 fully saturated rings. The number of nitrogen functional groups attached to an aromatic ring is 1. The molecule has 2 aromatic rings. The van der Waals surface area contributed by atoms with Gasteiger partial charge in [0, 0.05) is 18.2 Å². The molecule has 0 atom stereocenters. The van der Waals surface area contributed by atoms with Crippen LogP contribution in [0.1, 0.15) is 31.2 Å². The average molecular weight is 298 g/mol. The van der Waals surface area contributed by atoms with E-state index >= 15 is 0 Å². The Kier molecular flexibility index (Phi) is 4.13. The van der Waals surface area contributed by atoms with Crippen molar-refractivity contribution in [1.82, 2.24) is 15.1 Å². The lowest BCUT2D eigenvalue weighted by Gasteiger charge is -2.30. The van der Waals surface area contributed by atoms with Crippen LogP contribution in [0.4, 0.5) is 5.69 Å². The predicted molar refractivity (Wildman–Crippen MR) is 86.2 cm³/mol. The van der Waals surface area contributed by atoms with Crippen molar-refractivity contribution in [3.8, 4) is 0 Å². The summed E-state index contributed by atoms with van der Waals surface area (Å²) >= 11 is 0. The summed E-state index contributed by atoms with van der Waals surface area (Å²) in [5.74, 6) is -0.0229. The van der Waals surface area contributed by atoms with Crippen LogP contribution in [0.5, 0.6) is 0 Å². The number of anilines is 1. The molecule has 5 nitrogen and oxygen atoms in total. The Morgan fingerprint density at radius 1 is 1.27 bits per heavy atom. The van der Waals surface area contributed by atoms with E-state index in [-0.39, 0.29) is 17.9 Å². The van der Waals surface area contributed by atoms with Gasteiger partial charge in [-0.15, -0.1) is 0 Å². The summed E-state index contributed by atoms with van der Waals surface area (Å²) in [5, 5.41) is 7.12. The van der Waals surface area contributed by atoms with Crippen LogP contribution in [0.15, 0.2) is 42.7 Å². The summed E-state index contributed by atoms with van der Waals surface area (Å²) in [4.78, 5) is 12.1. The van der Waals surface area contributed by atoms with E-state index in [9.17, 15) is 4.79 Å². The molecule has 1 aromatic carbocycles. The molecule has 5 heteroatoms. The van der Waals surface area contributed by atoms with Crippen molar-refractivity contribution in [2.24, 2.45) is 0 Å². The van der Waals surface area contributed by atoms with Crippen molar-refractivity contribution in [2.45, 2.75) is 37.6 Å². The molecule has 1 aliphatic rings. The van der Waals surface area contributed by atoms with E-state index in [4.69, 9.17) is 5.73 Å². The standard InChI is InChI=1S/C17H22N4O/c18-15-10-20-21(11-15)12-16(22)19-13-17(8-4-5-9-17)14-6-2-1-3-7-14/h1-3,6-7,10-11H,4-5,8-9,12-13,18H2,(H,19,22). The van der Waals surface area contributed by atoms with Crippen molar-refractivity contribution >= 4 is 11.6 Å². The maximum absolute atomic E-state index is 12.1. The van der Waals surface area contributed by atoms with Crippen LogP contribution in [-0.2, 0) is 16.8 Å². The maximum Gasteiger partial charge on any atom is 0.241 e. The van der Waals surface area contributed by atoms with Crippen molar-refractivity contribution in [2.75, 3.05) is 12.3 Å². The molecule has 3 N–H and O–H groups in total. The molecule has 0 spiro atoms. The number of carbonyl (C=O) groups is 1. The van der Waals surface area contributed by atoms with Crippen LogP contribution in [-0.4, -0.2) is 22.2 Å². The van der Waals surface area contributed by atoms with Crippen LogP contribution in [0, 0.1) is 0 Å². The normalized spacial score (nSPS) is 16.5. The van der Waals surface area contributed by atoms with Gasteiger partial charge in [-0.3, -0.25) is 9.48 Å². The molecule has 0 aliphatic heterocycles. The highest BCUT2D eigenvalue weighted by molar-refractivity contribution is 5.75. The number of carbonyl (C=O) groups excluding carboxylic acids is 1. The fourth-order valence-electron chi connectivity index (χ4n) is 3.35. The molecule has 3 rings (SSSR count). The minimum Gasteiger partial charge on any atom is -0.396 e. The highest BCUT2D eigenvalue weighted by Gasteiger charge is 2.35. The van der Waals surface area contributed by atoms with Gasteiger partial charge in [-0.05, 0) is 18.4 Å². The Balaban J connectivity index is 1.64. The van der Waals surface area contributed by atoms with E-state index in [0.29, 0.717) is 12.2 Å². The third kappa shape index (κ3) is 3.13. The first-order chi connectivity index (χ1) is 10.7. The fraction of sp³-hybridized carbons (Fsp3) is 0.412. The van der Waals surface area contributed by atoms with Crippen LogP contribution >= 0.6 is 0 Å². The van der Waals surface area contributed by atoms with Gasteiger partial charge in [0.25, 0.3) is 0 Å². The molecule has 1 aromatic heterocycles. The Labute approximate surface area is 130 Å². The molecule has 116 valence electrons. The second-order valence-corrected chi connectivity index (χ2v) is 6.10. The predicted octanol–water partition coefficient (Wildman–Crippen LogP) is 2.09. The zero-order valence-electron chi connectivity index (χ0n) is 12.7. The van der Waals surface area contributed by atoms with Gasteiger partial charge in [-0.1, -0.05) is 43.2 Å². The zero-order valence-corrected chi connectivity index (χ0v) is 12.7. The first kappa shape index (κ1) is 14.6. The van der Waals surface area contributed by atoms with Crippen LogP contribution < -0.4 is 11.1 Å². The Hall–Kier alpha value is -2.30. The Morgan fingerprint density at radius 2 is 2.00 bits per heavy atom. The third-order valence-electron chi connectivity index (χ3n) is 4.53. The summed E-state index contributed by atoms with van der Waals surface area (Å²) in [6.07, 6.45) is 7.93. The van der Waals surface area contributed by atoms with Crippen LogP contribution in [0.25, 0.3) is 0 Å². The van der Waals surface area contributed by atoms with Gasteiger partial charge in [0.1, 0.15) is 6.54 Å². The van der Waals surface area contributed by atoms with Gasteiger partial charge >= 0.3 is 0 Å². The van der Waals surface area contributed by atoms with Gasteiger partial charge in [-0.2, -0.15) is 5.10 Å². The molecule has 0 saturated heterocycles. The number of amides is 1. The van der Waals surface area contributed by atoms with E-state index in [0.717, 1.165) is 12.8 Å². The van der Waals surface area contributed by atoms with Crippen LogP contribution in [0.2, 0.25) is 0 Å². The van der Waals surface area contributed by atoms with E-state index in [1.807, 2.05) is 6.07 Å². The van der Waals surface area contributed by atoms with Crippen molar-refractivity contribution in [3.05, 3.63) is 48.3 Å². The molecular weight excluding hydrogens is 276 g/mol. The molecule has 0 bridgehead atoms. The summed E-state index contributed by atoms with van der Waals surface area (Å²) < 4.78 is 1.56. The monoisotopic (exact) mass is 298 g/mol. The highest BCUT2D eigenvalue weighted by atomic mass is 16.2. The lowest BCUT2D eigenvalue weighted by molar-refractivity contribution is -0.122. The van der Waals surface area contributed by atoms with Crippen molar-refractivity contribution in [3.63, 3.8) is 0 Å². The number of hydrogen-bond acceptors (Lipinski definition) is 3. The molecule has 0 unspecified atom stereocenters. The molecule has 1 saturated carbocycles. The number of rotatable bonds is 5. The van der Waals surface area contributed by atoms with Gasteiger partial charge in [-0.25, -0.2) is 0 Å². The molecule has 1 amide bonds. The number of benzene rings is 1. The quantitative estimate of drug-likeness (QED) is 0.887. The maximum atomic E-state index is 12.1. The lowest BCUT2D eigenvalue weighted by atomic mass is 9.79. The number of aromatic nitrogens is 2. The molecule has 1 heterocycles. The Morgan fingerprint density at radius 3 is 2.64 bits per heavy atom. The van der Waals surface area contributed by atoms with E-state index in [1.165, 1.54) is 18.4 Å². The van der Waals surface area contributed by atoms with E-state index < -0.39 is 0 Å². The highest BCUT2D eigenvalue weighted by Crippen LogP contribution is 2.40. The van der Waals surface area contributed by atoms with Gasteiger partial charge < -0.3 is 11.1 Å². The van der Waals surface area contributed by atoms with Crippen molar-refractivity contribution in [1.29, 1.82) is 0 Å². The van der Waals surface area contributed by atoms with Crippen LogP contribution in [0.3, 0.4) is 0 Å². The SMILES string of the molecule is Nc1cnn(CC(=O)NCC2(c3ccccc3)CCCC2)c1. The summed E-state index contributed by atoms with van der Waals surface area (Å²) in [7, 11) is 0. The van der Waals surface area contributed by atoms with Gasteiger partial charge in [0.05, 0.1) is 11.9 Å². The summed E-state index contributed by atoms with van der Waals surface area (Å²) in [5.41, 5.74) is 7.60. The second-order valence-electron chi connectivity index (χ2n) is 6.10. The number of nitrogens with zero attached hydrogens (tertiary/aromatic N) is 2. The van der Waals surface area contributed by atoms with Crippen molar-refractivity contribution < 1.29 is 4.79 Å². The Bertz CT molecular complexity index is 629. The minimum absolute atomic E-state index is 0.0229. The number of nitrogens with one attached hydrogen (secondary N) is 1. The first-order valence-corrected chi connectivity index (χ1v) is 7.78. The largest absolute Gasteiger partial charge is 0.396 e. The molecule has 1 aliphatic carbocycles. The zero-order chi connectivity index (χ0) is 15.4. The average Bonchev–Trinajstić information content (AvgIpc) is 3.16. The smallest absolute Gasteiger partial charge is 0.241 e. The fourth-order valence-corrected chi connectivity index (χ4v) is 3.35. The number of hydrogen-bond donors (Lipinski definition) is 2. The minimum atomic E-state index is -0.0229. The van der Waals surface area contributed by atoms with E-state index in [2.05, 4.69) is 34.7 Å². The van der Waals surface area contributed by atoms with E-state index in [1.54, 1.807) is 17.1 Å². The molecule has 0 radical (unpaired) electrons. The van der Waals surface area contributed by atoms with Gasteiger partial charge in [0.2, 0.25) is 5.91 Å². The molecule has 22 heavy (non-hydrogen) atoms. The molecular formula is C17H22N4O. The topological polar surface area (TPSA) is 72.9 Å². The third-order valence-corrected chi connectivity index (χ3v) is 4.53. The summed E-state index contributed by atoms with van der Waals surface area (Å²) in [6, 6.07) is 10.5. The van der Waals surface area contributed by atoms with Gasteiger partial charge in [0.15, 0.2) is 0 Å². The number of nitrogens with two attached hydrogens (primary N) is 1.